The number of unbranched alkanes of at least 4 members (excludes halogenated alkanes) is 5. The third-order valence-corrected chi connectivity index (χ3v) is 6.37. The third-order valence-electron chi connectivity index (χ3n) is 5.22. The summed E-state index contributed by atoms with van der Waals surface area (Å²) in [6.07, 6.45) is 7.00. The number of carboxylic acid groups (broad SMARTS) is 1. The molecule has 34 heavy (non-hydrogen) atoms. The van der Waals surface area contributed by atoms with Crippen molar-refractivity contribution in [1.82, 2.24) is 10.6 Å². The standard InChI is InChI=1S/C25H35N3O5S/c1-3-5-6-7-8-12-15-27-25(32)28-23-20(24(30)31)19(4-2)21(34-23)22(29)26-16-17-33-18-13-10-9-11-14-18/h9-11,13-14H,3-8,12,15-17H2,1-2H3,(H,26,29)(H,30,31)(H2,27,28,32). The minimum atomic E-state index is -1.18. The van der Waals surface area contributed by atoms with Gasteiger partial charge in [0.1, 0.15) is 17.4 Å². The Balaban J connectivity index is 1.92. The average Bonchev–Trinajstić information content (AvgIpc) is 3.20. The first-order chi connectivity index (χ1) is 16.5. The van der Waals surface area contributed by atoms with Gasteiger partial charge in [-0.1, -0.05) is 64.2 Å². The number of ether oxygens (including phenoxy) is 1. The molecule has 0 aliphatic rings. The van der Waals surface area contributed by atoms with Gasteiger partial charge in [0, 0.05) is 6.54 Å². The molecule has 1 aromatic carbocycles. The SMILES string of the molecule is CCCCCCCCNC(=O)Nc1sc(C(=O)NCCOc2ccccc2)c(CC)c1C(=O)O. The lowest BCUT2D eigenvalue weighted by molar-refractivity contribution is 0.0697. The molecule has 8 nitrogen and oxygen atoms in total. The number of hydrogen-bond donors (Lipinski definition) is 4. The van der Waals surface area contributed by atoms with E-state index in [-0.39, 0.29) is 34.5 Å². The second-order valence-electron chi connectivity index (χ2n) is 7.84. The van der Waals surface area contributed by atoms with Crippen molar-refractivity contribution < 1.29 is 24.2 Å². The Kier molecular flexibility index (Phi) is 12.0. The number of nitrogens with one attached hydrogen (secondary N) is 3. The molecule has 1 aromatic heterocycles. The number of carbonyl (C=O) groups excluding carboxylic acids is 2. The number of carbonyl (C=O) groups is 3. The zero-order valence-electron chi connectivity index (χ0n) is 19.9. The van der Waals surface area contributed by atoms with Crippen LogP contribution in [0.15, 0.2) is 30.3 Å². The van der Waals surface area contributed by atoms with Crippen molar-refractivity contribution in [3.63, 3.8) is 0 Å². The normalized spacial score (nSPS) is 10.5. The van der Waals surface area contributed by atoms with Crippen molar-refractivity contribution >= 4 is 34.2 Å². The van der Waals surface area contributed by atoms with Crippen LogP contribution in [-0.4, -0.2) is 42.7 Å². The molecule has 0 saturated carbocycles. The van der Waals surface area contributed by atoms with Gasteiger partial charge in [-0.2, -0.15) is 0 Å². The summed E-state index contributed by atoms with van der Waals surface area (Å²) in [4.78, 5) is 37.3. The summed E-state index contributed by atoms with van der Waals surface area (Å²) >= 11 is 0.977. The van der Waals surface area contributed by atoms with E-state index in [1.807, 2.05) is 30.3 Å². The van der Waals surface area contributed by atoms with Crippen LogP contribution in [-0.2, 0) is 6.42 Å². The average molecular weight is 490 g/mol. The molecule has 1 heterocycles. The van der Waals surface area contributed by atoms with Gasteiger partial charge in [-0.05, 0) is 30.5 Å². The molecule has 0 radical (unpaired) electrons. The summed E-state index contributed by atoms with van der Waals surface area (Å²) < 4.78 is 5.57. The smallest absolute Gasteiger partial charge is 0.339 e. The molecule has 3 amide bonds. The van der Waals surface area contributed by atoms with Crippen molar-refractivity contribution in [2.45, 2.75) is 58.8 Å². The Labute approximate surface area is 205 Å². The van der Waals surface area contributed by atoms with Crippen LogP contribution in [0, 0.1) is 0 Å². The second kappa shape index (κ2) is 15.0. The number of carboxylic acids is 1. The Morgan fingerprint density at radius 3 is 2.32 bits per heavy atom. The minimum Gasteiger partial charge on any atom is -0.492 e. The maximum Gasteiger partial charge on any atom is 0.339 e. The number of benzene rings is 1. The summed E-state index contributed by atoms with van der Waals surface area (Å²) in [7, 11) is 0. The molecule has 4 N–H and O–H groups in total. The molecular formula is C25H35N3O5S. The molecule has 2 rings (SSSR count). The highest BCUT2D eigenvalue weighted by Gasteiger charge is 2.26. The summed E-state index contributed by atoms with van der Waals surface area (Å²) in [5.41, 5.74) is 0.373. The van der Waals surface area contributed by atoms with Crippen molar-refractivity contribution in [2.75, 3.05) is 25.0 Å². The topological polar surface area (TPSA) is 117 Å². The van der Waals surface area contributed by atoms with E-state index in [1.165, 1.54) is 19.3 Å². The molecule has 0 unspecified atom stereocenters. The molecule has 9 heteroatoms. The fraction of sp³-hybridized carbons (Fsp3) is 0.480. The van der Waals surface area contributed by atoms with Gasteiger partial charge in [0.15, 0.2) is 0 Å². The van der Waals surface area contributed by atoms with Gasteiger partial charge in [-0.15, -0.1) is 11.3 Å². The first-order valence-corrected chi connectivity index (χ1v) is 12.7. The van der Waals surface area contributed by atoms with E-state index in [1.54, 1.807) is 6.92 Å². The molecule has 2 aromatic rings. The Morgan fingerprint density at radius 1 is 0.941 bits per heavy atom. The van der Waals surface area contributed by atoms with Crippen LogP contribution in [0.1, 0.15) is 78.0 Å². The molecule has 186 valence electrons. The Hall–Kier alpha value is -3.07. The van der Waals surface area contributed by atoms with Crippen LogP contribution in [0.4, 0.5) is 9.80 Å². The van der Waals surface area contributed by atoms with E-state index in [0.29, 0.717) is 24.3 Å². The zero-order chi connectivity index (χ0) is 24.8. The largest absolute Gasteiger partial charge is 0.492 e. The molecule has 0 spiro atoms. The molecule has 0 bridgehead atoms. The van der Waals surface area contributed by atoms with Crippen LogP contribution in [0.25, 0.3) is 0 Å². The molecular weight excluding hydrogens is 454 g/mol. The quantitative estimate of drug-likeness (QED) is 0.253. The number of rotatable bonds is 15. The van der Waals surface area contributed by atoms with Gasteiger partial charge in [0.05, 0.1) is 17.0 Å². The fourth-order valence-electron chi connectivity index (χ4n) is 3.49. The number of hydrogen-bond acceptors (Lipinski definition) is 5. The number of aromatic carboxylic acids is 1. The lowest BCUT2D eigenvalue weighted by atomic mass is 10.1. The predicted octanol–water partition coefficient (Wildman–Crippen LogP) is 5.30. The van der Waals surface area contributed by atoms with Crippen LogP contribution in [0.5, 0.6) is 5.75 Å². The van der Waals surface area contributed by atoms with Crippen molar-refractivity contribution in [1.29, 1.82) is 0 Å². The maximum absolute atomic E-state index is 12.8. The number of amides is 3. The van der Waals surface area contributed by atoms with Gasteiger partial charge in [0.2, 0.25) is 0 Å². The highest BCUT2D eigenvalue weighted by atomic mass is 32.1. The van der Waals surface area contributed by atoms with Crippen LogP contribution < -0.4 is 20.7 Å². The summed E-state index contributed by atoms with van der Waals surface area (Å²) in [5.74, 6) is -0.860. The molecule has 0 aliphatic carbocycles. The van der Waals surface area contributed by atoms with Crippen molar-refractivity contribution in [3.05, 3.63) is 46.3 Å². The molecule has 0 aliphatic heterocycles. The zero-order valence-corrected chi connectivity index (χ0v) is 20.8. The number of anilines is 1. The number of thiophene rings is 1. The molecule has 0 fully saturated rings. The first-order valence-electron chi connectivity index (χ1n) is 11.9. The van der Waals surface area contributed by atoms with E-state index >= 15 is 0 Å². The van der Waals surface area contributed by atoms with Gasteiger partial charge in [-0.3, -0.25) is 10.1 Å². The Morgan fingerprint density at radius 2 is 1.65 bits per heavy atom. The lowest BCUT2D eigenvalue weighted by Crippen LogP contribution is -2.29. The highest BCUT2D eigenvalue weighted by Crippen LogP contribution is 2.34. The summed E-state index contributed by atoms with van der Waals surface area (Å²) in [6.45, 7) is 5.01. The van der Waals surface area contributed by atoms with Crippen LogP contribution >= 0.6 is 11.3 Å². The number of urea groups is 1. The van der Waals surface area contributed by atoms with E-state index < -0.39 is 12.0 Å². The Bertz CT molecular complexity index is 930. The monoisotopic (exact) mass is 489 g/mol. The minimum absolute atomic E-state index is 0.0344. The summed E-state index contributed by atoms with van der Waals surface area (Å²) in [6, 6.07) is 8.79. The van der Waals surface area contributed by atoms with Gasteiger partial charge in [-0.25, -0.2) is 9.59 Å². The van der Waals surface area contributed by atoms with Crippen molar-refractivity contribution in [3.8, 4) is 5.75 Å². The predicted molar refractivity (Wildman–Crippen MR) is 135 cm³/mol. The van der Waals surface area contributed by atoms with E-state index in [0.717, 1.165) is 30.6 Å². The van der Waals surface area contributed by atoms with E-state index in [9.17, 15) is 19.5 Å². The lowest BCUT2D eigenvalue weighted by Gasteiger charge is -2.08. The van der Waals surface area contributed by atoms with Crippen molar-refractivity contribution in [2.24, 2.45) is 0 Å². The number of para-hydroxylation sites is 1. The van der Waals surface area contributed by atoms with Gasteiger partial charge >= 0.3 is 12.0 Å². The first kappa shape index (κ1) is 27.2. The van der Waals surface area contributed by atoms with Gasteiger partial charge < -0.3 is 20.5 Å². The van der Waals surface area contributed by atoms with Gasteiger partial charge in [0.25, 0.3) is 5.91 Å². The van der Waals surface area contributed by atoms with E-state index in [2.05, 4.69) is 22.9 Å². The third kappa shape index (κ3) is 8.70. The second-order valence-corrected chi connectivity index (χ2v) is 8.86. The molecule has 0 atom stereocenters. The highest BCUT2D eigenvalue weighted by molar-refractivity contribution is 7.18. The maximum atomic E-state index is 12.8. The van der Waals surface area contributed by atoms with Crippen LogP contribution in [0.2, 0.25) is 0 Å². The molecule has 0 saturated heterocycles. The summed E-state index contributed by atoms with van der Waals surface area (Å²) in [5, 5.41) is 18.0. The van der Waals surface area contributed by atoms with E-state index in [4.69, 9.17) is 4.74 Å². The fourth-order valence-corrected chi connectivity index (χ4v) is 4.68. The van der Waals surface area contributed by atoms with Crippen LogP contribution in [0.3, 0.4) is 0 Å².